The molecule has 1 saturated heterocycles. The highest BCUT2D eigenvalue weighted by atomic mass is 35.5. The summed E-state index contributed by atoms with van der Waals surface area (Å²) in [6.07, 6.45) is 2.58. The fourth-order valence-corrected chi connectivity index (χ4v) is 4.59. The molecule has 1 amide bonds. The van der Waals surface area contributed by atoms with Crippen molar-refractivity contribution in [2.45, 2.75) is 44.7 Å². The van der Waals surface area contributed by atoms with Crippen molar-refractivity contribution in [1.82, 2.24) is 34.6 Å². The molecule has 2 fully saturated rings. The number of carbonyl (C=O) groups is 1. The van der Waals surface area contributed by atoms with E-state index in [0.717, 1.165) is 0 Å². The maximum absolute atomic E-state index is 12.8. The molecule has 0 radical (unpaired) electrons. The number of imidazole rings is 1. The molecular formula is C20H24ClN7O4. The molecule has 0 spiro atoms. The number of carbonyl (C=O) groups excluding carboxylic acids is 1. The van der Waals surface area contributed by atoms with E-state index in [2.05, 4.69) is 25.1 Å². The van der Waals surface area contributed by atoms with Crippen LogP contribution >= 0.6 is 11.6 Å². The molecule has 0 bridgehead atoms. The largest absolute Gasteiger partial charge is 0.443 e. The van der Waals surface area contributed by atoms with Crippen molar-refractivity contribution in [1.29, 1.82) is 0 Å². The van der Waals surface area contributed by atoms with Crippen LogP contribution < -0.4 is 5.56 Å². The van der Waals surface area contributed by atoms with Crippen molar-refractivity contribution in [2.24, 2.45) is 17.8 Å². The molecule has 5 rings (SSSR count). The highest BCUT2D eigenvalue weighted by Crippen LogP contribution is 2.57. The molecule has 3 aromatic heterocycles. The number of hydrogen-bond acceptors (Lipinski definition) is 8. The van der Waals surface area contributed by atoms with E-state index in [1.54, 1.807) is 15.8 Å². The highest BCUT2D eigenvalue weighted by Gasteiger charge is 2.60. The van der Waals surface area contributed by atoms with Crippen LogP contribution in [0.5, 0.6) is 0 Å². The van der Waals surface area contributed by atoms with E-state index in [9.17, 15) is 9.59 Å². The number of nitrogens with one attached hydrogen (secondary N) is 1. The first kappa shape index (κ1) is 20.9. The summed E-state index contributed by atoms with van der Waals surface area (Å²) in [6, 6.07) is 0. The van der Waals surface area contributed by atoms with Crippen LogP contribution in [-0.4, -0.2) is 59.3 Å². The second-order valence-electron chi connectivity index (χ2n) is 9.11. The Morgan fingerprint density at radius 1 is 1.38 bits per heavy atom. The Labute approximate surface area is 188 Å². The predicted octanol–water partition coefficient (Wildman–Crippen LogP) is 2.14. The average molecular weight is 462 g/mol. The Hall–Kier alpha value is -2.95. The fraction of sp³-hybridized carbons (Fsp3) is 0.600. The summed E-state index contributed by atoms with van der Waals surface area (Å²) in [6.45, 7) is 7.41. The van der Waals surface area contributed by atoms with Gasteiger partial charge in [-0.1, -0.05) is 12.1 Å². The van der Waals surface area contributed by atoms with Crippen LogP contribution in [0.4, 0.5) is 4.79 Å². The van der Waals surface area contributed by atoms with Gasteiger partial charge < -0.3 is 23.7 Å². The summed E-state index contributed by atoms with van der Waals surface area (Å²) in [7, 11) is 0. The zero-order chi connectivity index (χ0) is 22.6. The number of piperidine rings is 1. The van der Waals surface area contributed by atoms with E-state index in [-0.39, 0.29) is 29.4 Å². The molecule has 1 unspecified atom stereocenters. The smallest absolute Gasteiger partial charge is 0.410 e. The minimum absolute atomic E-state index is 0.0818. The van der Waals surface area contributed by atoms with Gasteiger partial charge in [0, 0.05) is 31.5 Å². The summed E-state index contributed by atoms with van der Waals surface area (Å²) in [5.74, 6) is 2.06. The molecule has 11 nitrogen and oxygen atoms in total. The number of amides is 1. The molecule has 32 heavy (non-hydrogen) atoms. The molecular weight excluding hydrogens is 438 g/mol. The van der Waals surface area contributed by atoms with Gasteiger partial charge in [0.2, 0.25) is 5.89 Å². The number of likely N-dealkylation sites (tertiary alicyclic amines) is 1. The topological polar surface area (TPSA) is 132 Å². The first-order valence-corrected chi connectivity index (χ1v) is 11.1. The molecule has 1 saturated carbocycles. The molecule has 2 aliphatic rings. The minimum Gasteiger partial charge on any atom is -0.443 e. The van der Waals surface area contributed by atoms with Crippen LogP contribution in [-0.2, 0) is 17.2 Å². The van der Waals surface area contributed by atoms with Crippen LogP contribution in [0.15, 0.2) is 22.0 Å². The second-order valence-corrected chi connectivity index (χ2v) is 9.38. The molecule has 4 atom stereocenters. The summed E-state index contributed by atoms with van der Waals surface area (Å²) in [5, 5.41) is 4.01. The maximum Gasteiger partial charge on any atom is 0.410 e. The first-order valence-electron chi connectivity index (χ1n) is 10.5. The molecule has 1 aliphatic heterocycles. The molecule has 12 heteroatoms. The van der Waals surface area contributed by atoms with E-state index in [0.29, 0.717) is 54.3 Å². The monoisotopic (exact) mass is 461 g/mol. The Bertz CT molecular complexity index is 1210. The number of nitrogens with zero attached hydrogens (tertiary/aromatic N) is 6. The van der Waals surface area contributed by atoms with Crippen LogP contribution in [0.25, 0.3) is 11.2 Å². The van der Waals surface area contributed by atoms with E-state index in [1.807, 2.05) is 20.8 Å². The Kier molecular flexibility index (Phi) is 4.95. The number of fused-ring (bicyclic) bond motifs is 2. The van der Waals surface area contributed by atoms with Crippen molar-refractivity contribution in [3.8, 4) is 0 Å². The number of ether oxygens (including phenoxy) is 1. The molecule has 1 N–H and O–H groups in total. The van der Waals surface area contributed by atoms with Gasteiger partial charge in [-0.05, 0) is 25.7 Å². The lowest BCUT2D eigenvalue weighted by Gasteiger charge is -2.34. The van der Waals surface area contributed by atoms with Crippen LogP contribution in [0, 0.1) is 17.8 Å². The van der Waals surface area contributed by atoms with Gasteiger partial charge in [0.15, 0.2) is 17.0 Å². The average Bonchev–Trinajstić information content (AvgIpc) is 3.21. The van der Waals surface area contributed by atoms with Gasteiger partial charge in [0.1, 0.15) is 11.5 Å². The zero-order valence-corrected chi connectivity index (χ0v) is 18.7. The molecule has 170 valence electrons. The summed E-state index contributed by atoms with van der Waals surface area (Å²) in [4.78, 5) is 41.9. The Morgan fingerprint density at radius 3 is 2.81 bits per heavy atom. The van der Waals surface area contributed by atoms with Gasteiger partial charge in [-0.15, -0.1) is 11.6 Å². The lowest BCUT2D eigenvalue weighted by Crippen LogP contribution is -2.42. The number of alkyl halides is 1. The SMILES string of the molecule is CC(Cn1cnc2nc[nH]c(=O)c21)C(C)(C)OC(=O)N1C[C@@H]2[C@H](C1)[C@H]2c1noc(CCl)n1. The van der Waals surface area contributed by atoms with Gasteiger partial charge in [-0.3, -0.25) is 4.79 Å². The van der Waals surface area contributed by atoms with Crippen LogP contribution in [0.3, 0.4) is 0 Å². The Balaban J connectivity index is 1.19. The molecule has 1 aliphatic carbocycles. The third-order valence-corrected chi connectivity index (χ3v) is 7.00. The molecule has 3 aromatic rings. The second kappa shape index (κ2) is 7.58. The summed E-state index contributed by atoms with van der Waals surface area (Å²) in [5.41, 5.74) is -0.204. The summed E-state index contributed by atoms with van der Waals surface area (Å²) < 4.78 is 12.7. The predicted molar refractivity (Wildman–Crippen MR) is 113 cm³/mol. The van der Waals surface area contributed by atoms with Gasteiger partial charge in [0.25, 0.3) is 5.56 Å². The highest BCUT2D eigenvalue weighted by molar-refractivity contribution is 6.16. The van der Waals surface area contributed by atoms with Gasteiger partial charge >= 0.3 is 6.09 Å². The van der Waals surface area contributed by atoms with Crippen molar-refractivity contribution in [2.75, 3.05) is 13.1 Å². The number of H-pyrrole nitrogens is 1. The number of hydrogen-bond donors (Lipinski definition) is 1. The standard InChI is InChI=1S/C20H24ClN7O4/c1-10(5-28-9-24-17-15(28)18(29)23-8-22-17)20(2,3)31-19(30)27-6-11-12(7-27)14(11)16-25-13(4-21)32-26-16/h8-12,14H,4-7H2,1-3H3,(H,22,23,29)/t10?,11-,12+,14+. The normalized spacial score (nSPS) is 23.4. The first-order chi connectivity index (χ1) is 15.3. The molecule has 4 heterocycles. The lowest BCUT2D eigenvalue weighted by atomic mass is 9.92. The van der Waals surface area contributed by atoms with Crippen LogP contribution in [0.2, 0.25) is 0 Å². The number of aromatic amines is 1. The van der Waals surface area contributed by atoms with E-state index >= 15 is 0 Å². The number of halogens is 1. The van der Waals surface area contributed by atoms with E-state index in [1.165, 1.54) is 6.33 Å². The van der Waals surface area contributed by atoms with E-state index in [4.69, 9.17) is 20.9 Å². The minimum atomic E-state index is -0.752. The van der Waals surface area contributed by atoms with Crippen molar-refractivity contribution in [3.05, 3.63) is 34.7 Å². The number of aromatic nitrogens is 6. The van der Waals surface area contributed by atoms with Crippen LogP contribution in [0.1, 0.15) is 38.4 Å². The van der Waals surface area contributed by atoms with Crippen molar-refractivity contribution >= 4 is 28.9 Å². The van der Waals surface area contributed by atoms with Gasteiger partial charge in [0.05, 0.1) is 12.7 Å². The number of rotatable bonds is 6. The quantitative estimate of drug-likeness (QED) is 0.552. The Morgan fingerprint density at radius 2 is 2.12 bits per heavy atom. The third kappa shape index (κ3) is 3.54. The van der Waals surface area contributed by atoms with Gasteiger partial charge in [-0.2, -0.15) is 4.98 Å². The molecule has 0 aromatic carbocycles. The zero-order valence-electron chi connectivity index (χ0n) is 18.0. The third-order valence-electron chi connectivity index (χ3n) is 6.77. The summed E-state index contributed by atoms with van der Waals surface area (Å²) >= 11 is 5.73. The van der Waals surface area contributed by atoms with Crippen molar-refractivity contribution in [3.63, 3.8) is 0 Å². The fourth-order valence-electron chi connectivity index (χ4n) is 4.48. The van der Waals surface area contributed by atoms with E-state index < -0.39 is 5.60 Å². The van der Waals surface area contributed by atoms with Gasteiger partial charge in [-0.25, -0.2) is 14.8 Å². The lowest BCUT2D eigenvalue weighted by molar-refractivity contribution is -0.0225. The maximum atomic E-state index is 12.8. The van der Waals surface area contributed by atoms with Crippen molar-refractivity contribution < 1.29 is 14.1 Å².